The molecule has 0 heterocycles. The van der Waals surface area contributed by atoms with Crippen molar-refractivity contribution in [2.75, 3.05) is 6.61 Å². The van der Waals surface area contributed by atoms with Crippen LogP contribution in [0.4, 0.5) is 0 Å². The van der Waals surface area contributed by atoms with Crippen LogP contribution >= 0.6 is 0 Å². The Morgan fingerprint density at radius 3 is 1.90 bits per heavy atom. The quantitative estimate of drug-likeness (QED) is 0.460. The predicted molar refractivity (Wildman–Crippen MR) is 132 cm³/mol. The summed E-state index contributed by atoms with van der Waals surface area (Å²) >= 11 is 0. The molecule has 3 atom stereocenters. The topological polar surface area (TPSA) is 38.7 Å². The lowest BCUT2D eigenvalue weighted by molar-refractivity contribution is 0.278. The van der Waals surface area contributed by atoms with Gasteiger partial charge in [-0.1, -0.05) is 81.4 Å². The summed E-state index contributed by atoms with van der Waals surface area (Å²) in [5.41, 5.74) is 0. The number of nitrogens with zero attached hydrogens (tertiary/aromatic N) is 1. The Balaban J connectivity index is 1.83. The fraction of sp³-hybridized carbons (Fsp3) is 0.480. The van der Waals surface area contributed by atoms with Crippen LogP contribution in [-0.2, 0) is 15.4 Å². The molecule has 1 aliphatic carbocycles. The maximum Gasteiger partial charge on any atom is 0.261 e. The van der Waals surface area contributed by atoms with Crippen molar-refractivity contribution in [2.45, 2.75) is 57.7 Å². The molecule has 1 unspecified atom stereocenters. The van der Waals surface area contributed by atoms with Crippen LogP contribution in [0.2, 0.25) is 5.04 Å². The molecule has 3 nitrogen and oxygen atoms in total. The van der Waals surface area contributed by atoms with Crippen molar-refractivity contribution in [3.63, 3.8) is 0 Å². The minimum atomic E-state index is -2.48. The second kappa shape index (κ2) is 8.89. The zero-order valence-electron chi connectivity index (χ0n) is 19.1. The lowest BCUT2D eigenvalue weighted by Gasteiger charge is -2.43. The van der Waals surface area contributed by atoms with Gasteiger partial charge in [0.2, 0.25) is 0 Å². The summed E-state index contributed by atoms with van der Waals surface area (Å²) in [7, 11) is -3.67. The van der Waals surface area contributed by atoms with Gasteiger partial charge in [0.1, 0.15) is 11.0 Å². The first kappa shape index (κ1) is 23.1. The molecule has 0 radical (unpaired) electrons. The minimum Gasteiger partial charge on any atom is -0.407 e. The van der Waals surface area contributed by atoms with Crippen LogP contribution in [-0.4, -0.2) is 30.1 Å². The molecule has 2 aromatic carbocycles. The highest BCUT2D eigenvalue weighted by Crippen LogP contribution is 2.41. The Bertz CT molecular complexity index is 845. The molecule has 0 saturated heterocycles. The Morgan fingerprint density at radius 1 is 0.967 bits per heavy atom. The summed E-state index contributed by atoms with van der Waals surface area (Å²) in [5, 5.41) is 2.61. The molecule has 30 heavy (non-hydrogen) atoms. The van der Waals surface area contributed by atoms with Crippen LogP contribution in [0.3, 0.4) is 0 Å². The van der Waals surface area contributed by atoms with E-state index in [2.05, 4.69) is 85.8 Å². The van der Waals surface area contributed by atoms with E-state index in [1.807, 2.05) is 27.0 Å². The van der Waals surface area contributed by atoms with E-state index in [1.165, 1.54) is 10.4 Å². The van der Waals surface area contributed by atoms with Crippen LogP contribution < -0.4 is 10.4 Å². The third kappa shape index (κ3) is 5.01. The van der Waals surface area contributed by atoms with Gasteiger partial charge in [-0.05, 0) is 48.5 Å². The van der Waals surface area contributed by atoms with E-state index in [0.29, 0.717) is 18.4 Å². The smallest absolute Gasteiger partial charge is 0.261 e. The summed E-state index contributed by atoms with van der Waals surface area (Å²) in [4.78, 5) is 0. The van der Waals surface area contributed by atoms with Crippen LogP contribution in [0.5, 0.6) is 0 Å². The largest absolute Gasteiger partial charge is 0.407 e. The molecule has 0 aliphatic heterocycles. The lowest BCUT2D eigenvalue weighted by Crippen LogP contribution is -2.66. The van der Waals surface area contributed by atoms with Gasteiger partial charge in [0, 0.05) is 18.7 Å². The van der Waals surface area contributed by atoms with Crippen molar-refractivity contribution >= 4 is 35.9 Å². The molecule has 5 heteroatoms. The minimum absolute atomic E-state index is 0.0120. The zero-order valence-corrected chi connectivity index (χ0v) is 20.9. The second-order valence-corrected chi connectivity index (χ2v) is 16.5. The van der Waals surface area contributed by atoms with Crippen molar-refractivity contribution in [1.29, 1.82) is 0 Å². The molecule has 2 aromatic rings. The van der Waals surface area contributed by atoms with Gasteiger partial charge in [-0.3, -0.25) is 0 Å². The summed E-state index contributed by atoms with van der Waals surface area (Å²) < 4.78 is 23.2. The van der Waals surface area contributed by atoms with E-state index < -0.39 is 19.3 Å². The molecule has 0 spiro atoms. The molecule has 1 aliphatic rings. The molecule has 1 saturated carbocycles. The molecule has 162 valence electrons. The highest BCUT2D eigenvalue weighted by molar-refractivity contribution is 7.85. The van der Waals surface area contributed by atoms with Gasteiger partial charge < -0.3 is 4.43 Å². The summed E-state index contributed by atoms with van der Waals surface area (Å²) in [6.45, 7) is 13.5. The Kier molecular flexibility index (Phi) is 6.85. The van der Waals surface area contributed by atoms with E-state index in [0.717, 1.165) is 6.42 Å². The molecule has 3 rings (SSSR count). The van der Waals surface area contributed by atoms with Crippen LogP contribution in [0.1, 0.15) is 48.0 Å². The molecular formula is C25H35NO2SSi. The number of rotatable bonds is 7. The van der Waals surface area contributed by atoms with Gasteiger partial charge in [0.15, 0.2) is 0 Å². The van der Waals surface area contributed by atoms with Crippen LogP contribution in [0.25, 0.3) is 0 Å². The molecular weight excluding hydrogens is 406 g/mol. The number of hydrogen-bond donors (Lipinski definition) is 0. The average molecular weight is 442 g/mol. The first-order valence-electron chi connectivity index (χ1n) is 10.8. The maximum atomic E-state index is 12.2. The summed E-state index contributed by atoms with van der Waals surface area (Å²) in [6, 6.07) is 21.5. The van der Waals surface area contributed by atoms with Gasteiger partial charge in [0.25, 0.3) is 8.32 Å². The Hall–Kier alpha value is -1.56. The van der Waals surface area contributed by atoms with Crippen LogP contribution in [0.15, 0.2) is 65.1 Å². The van der Waals surface area contributed by atoms with Crippen molar-refractivity contribution in [3.8, 4) is 0 Å². The van der Waals surface area contributed by atoms with Crippen molar-refractivity contribution in [1.82, 2.24) is 0 Å². The number of benzene rings is 2. The highest BCUT2D eigenvalue weighted by Gasteiger charge is 2.51. The van der Waals surface area contributed by atoms with Crippen LogP contribution in [0, 0.1) is 11.8 Å². The van der Waals surface area contributed by atoms with E-state index in [4.69, 9.17) is 4.43 Å². The Labute approximate surface area is 185 Å². The molecule has 0 N–H and O–H groups in total. The summed E-state index contributed by atoms with van der Waals surface area (Å²) in [5.74, 6) is 0.821. The van der Waals surface area contributed by atoms with Gasteiger partial charge in [0.05, 0.1) is 4.75 Å². The van der Waals surface area contributed by atoms with E-state index in [-0.39, 0.29) is 9.79 Å². The third-order valence-electron chi connectivity index (χ3n) is 5.78. The monoisotopic (exact) mass is 441 g/mol. The number of hydrogen-bond acceptors (Lipinski definition) is 2. The van der Waals surface area contributed by atoms with Crippen molar-refractivity contribution in [3.05, 3.63) is 60.7 Å². The highest BCUT2D eigenvalue weighted by atomic mass is 32.2. The van der Waals surface area contributed by atoms with Crippen molar-refractivity contribution < 1.29 is 8.63 Å². The predicted octanol–water partition coefficient (Wildman–Crippen LogP) is 4.73. The second-order valence-electron chi connectivity index (χ2n) is 10.2. The molecule has 0 bridgehead atoms. The normalized spacial score (nSPS) is 21.0. The fourth-order valence-corrected chi connectivity index (χ4v) is 9.13. The SMILES string of the molecule is CC(C)(C)S(=O)N=C[C@@H]1C[C@H]1CO[Si](c1ccccc1)(c1ccccc1)C(C)(C)C. The van der Waals surface area contributed by atoms with E-state index >= 15 is 0 Å². The van der Waals surface area contributed by atoms with Crippen molar-refractivity contribution in [2.24, 2.45) is 16.2 Å². The summed E-state index contributed by atoms with van der Waals surface area (Å²) in [6.07, 6.45) is 2.96. The van der Waals surface area contributed by atoms with E-state index in [1.54, 1.807) is 0 Å². The molecule has 1 fully saturated rings. The maximum absolute atomic E-state index is 12.2. The molecule has 0 aromatic heterocycles. The molecule has 0 amide bonds. The fourth-order valence-electron chi connectivity index (χ4n) is 3.93. The Morgan fingerprint density at radius 2 is 1.47 bits per heavy atom. The third-order valence-corrected chi connectivity index (χ3v) is 12.1. The van der Waals surface area contributed by atoms with Gasteiger partial charge in [-0.2, -0.15) is 4.40 Å². The first-order chi connectivity index (χ1) is 14.1. The van der Waals surface area contributed by atoms with Gasteiger partial charge in [-0.15, -0.1) is 0 Å². The zero-order chi connectivity index (χ0) is 22.0. The first-order valence-corrected chi connectivity index (χ1v) is 13.8. The standard InChI is InChI=1S/C25H35NO2SSi/c1-24(2,3)29(27)26-18-20-17-21(20)19-28-30(25(4,5)6,22-13-9-7-10-14-22)23-15-11-8-12-16-23/h7-16,18,20-21H,17,19H2,1-6H3/t20-,21-,29?/m0/s1. The van der Waals surface area contributed by atoms with Gasteiger partial charge in [-0.25, -0.2) is 4.21 Å². The van der Waals surface area contributed by atoms with Gasteiger partial charge >= 0.3 is 0 Å². The van der Waals surface area contributed by atoms with E-state index in [9.17, 15) is 4.21 Å². The average Bonchev–Trinajstić information content (AvgIpc) is 3.45. The lowest BCUT2D eigenvalue weighted by atomic mass is 10.2.